The van der Waals surface area contributed by atoms with Crippen LogP contribution in [0.4, 0.5) is 5.69 Å². The zero-order valence-electron chi connectivity index (χ0n) is 12.2. The number of benzene rings is 1. The predicted molar refractivity (Wildman–Crippen MR) is 82.3 cm³/mol. The van der Waals surface area contributed by atoms with Gasteiger partial charge in [0.15, 0.2) is 0 Å². The van der Waals surface area contributed by atoms with Gasteiger partial charge in [-0.1, -0.05) is 38.3 Å². The fraction of sp³-hybridized carbons (Fsp3) is 0.600. The normalized spacial score (nSPS) is 23.5. The van der Waals surface area contributed by atoms with Crippen molar-refractivity contribution < 1.29 is 8.42 Å². The average Bonchev–Trinajstić information content (AvgIpc) is 2.48. The molecule has 5 heteroatoms. The van der Waals surface area contributed by atoms with Crippen molar-refractivity contribution in [1.82, 2.24) is 4.72 Å². The first-order chi connectivity index (χ1) is 9.56. The molecule has 4 nitrogen and oxygen atoms in total. The molecule has 1 aromatic rings. The SMILES string of the molecule is CCC1CCCC(Nc2ccccc2S(=O)(=O)NC)C1. The van der Waals surface area contributed by atoms with Crippen LogP contribution in [0.15, 0.2) is 29.2 Å². The van der Waals surface area contributed by atoms with E-state index in [1.165, 1.54) is 26.3 Å². The van der Waals surface area contributed by atoms with Crippen LogP contribution in [0, 0.1) is 5.92 Å². The van der Waals surface area contributed by atoms with Gasteiger partial charge in [0.2, 0.25) is 10.0 Å². The molecule has 2 N–H and O–H groups in total. The predicted octanol–water partition coefficient (Wildman–Crippen LogP) is 2.98. The summed E-state index contributed by atoms with van der Waals surface area (Å²) in [6.45, 7) is 2.23. The molecule has 0 bridgehead atoms. The first-order valence-corrected chi connectivity index (χ1v) is 8.84. The van der Waals surface area contributed by atoms with E-state index in [1.807, 2.05) is 12.1 Å². The van der Waals surface area contributed by atoms with Crippen molar-refractivity contribution in [2.75, 3.05) is 12.4 Å². The van der Waals surface area contributed by atoms with Gasteiger partial charge in [0.05, 0.1) is 5.69 Å². The molecule has 2 unspecified atom stereocenters. The van der Waals surface area contributed by atoms with Gasteiger partial charge in [0.25, 0.3) is 0 Å². The van der Waals surface area contributed by atoms with E-state index in [2.05, 4.69) is 17.0 Å². The van der Waals surface area contributed by atoms with Gasteiger partial charge in [-0.3, -0.25) is 0 Å². The number of hydrogen-bond acceptors (Lipinski definition) is 3. The van der Waals surface area contributed by atoms with Crippen LogP contribution in [-0.2, 0) is 10.0 Å². The lowest BCUT2D eigenvalue weighted by molar-refractivity contribution is 0.327. The molecule has 0 aromatic heterocycles. The third-order valence-electron chi connectivity index (χ3n) is 4.17. The molecule has 0 aliphatic heterocycles. The Kier molecular flexibility index (Phi) is 5.05. The van der Waals surface area contributed by atoms with E-state index >= 15 is 0 Å². The maximum atomic E-state index is 12.0. The van der Waals surface area contributed by atoms with E-state index in [0.717, 1.165) is 18.8 Å². The maximum absolute atomic E-state index is 12.0. The molecule has 2 atom stereocenters. The fourth-order valence-electron chi connectivity index (χ4n) is 2.94. The Morgan fingerprint density at radius 3 is 2.70 bits per heavy atom. The molecule has 20 heavy (non-hydrogen) atoms. The van der Waals surface area contributed by atoms with Gasteiger partial charge in [0, 0.05) is 6.04 Å². The third kappa shape index (κ3) is 3.52. The number of sulfonamides is 1. The van der Waals surface area contributed by atoms with Crippen LogP contribution in [0.3, 0.4) is 0 Å². The summed E-state index contributed by atoms with van der Waals surface area (Å²) >= 11 is 0. The van der Waals surface area contributed by atoms with Crippen LogP contribution in [-0.4, -0.2) is 21.5 Å². The molecule has 0 amide bonds. The number of hydrogen-bond donors (Lipinski definition) is 2. The number of nitrogens with one attached hydrogen (secondary N) is 2. The molecule has 1 fully saturated rings. The summed E-state index contributed by atoms with van der Waals surface area (Å²) in [7, 11) is -1.97. The second-order valence-electron chi connectivity index (χ2n) is 5.49. The number of para-hydroxylation sites is 1. The van der Waals surface area contributed by atoms with E-state index < -0.39 is 10.0 Å². The third-order valence-corrected chi connectivity index (χ3v) is 5.64. The van der Waals surface area contributed by atoms with Crippen molar-refractivity contribution in [3.8, 4) is 0 Å². The highest BCUT2D eigenvalue weighted by Gasteiger charge is 2.23. The molecular formula is C15H24N2O2S. The lowest BCUT2D eigenvalue weighted by Gasteiger charge is -2.30. The van der Waals surface area contributed by atoms with Crippen LogP contribution in [0.25, 0.3) is 0 Å². The Labute approximate surface area is 122 Å². The molecule has 0 radical (unpaired) electrons. The lowest BCUT2D eigenvalue weighted by atomic mass is 9.84. The minimum absolute atomic E-state index is 0.334. The molecule has 1 aliphatic rings. The molecule has 2 rings (SSSR count). The highest BCUT2D eigenvalue weighted by atomic mass is 32.2. The molecule has 112 valence electrons. The second kappa shape index (κ2) is 6.59. The quantitative estimate of drug-likeness (QED) is 0.878. The van der Waals surface area contributed by atoms with Gasteiger partial charge in [0.1, 0.15) is 4.90 Å². The fourth-order valence-corrected chi connectivity index (χ4v) is 3.84. The first-order valence-electron chi connectivity index (χ1n) is 7.36. The number of anilines is 1. The first kappa shape index (κ1) is 15.3. The van der Waals surface area contributed by atoms with Gasteiger partial charge in [-0.15, -0.1) is 0 Å². The van der Waals surface area contributed by atoms with E-state index in [0.29, 0.717) is 16.6 Å². The summed E-state index contributed by atoms with van der Waals surface area (Å²) < 4.78 is 26.5. The molecule has 0 spiro atoms. The summed E-state index contributed by atoms with van der Waals surface area (Å²) in [6, 6.07) is 7.50. The van der Waals surface area contributed by atoms with E-state index in [-0.39, 0.29) is 0 Å². The summed E-state index contributed by atoms with van der Waals surface area (Å²) in [5.41, 5.74) is 0.712. The standard InChI is InChI=1S/C15H24N2O2S/c1-3-12-7-6-8-13(11-12)17-14-9-4-5-10-15(14)20(18,19)16-2/h4-5,9-10,12-13,16-17H,3,6-8,11H2,1-2H3. The van der Waals surface area contributed by atoms with Crippen LogP contribution in [0.2, 0.25) is 0 Å². The second-order valence-corrected chi connectivity index (χ2v) is 7.34. The molecule has 1 aliphatic carbocycles. The minimum atomic E-state index is -3.41. The molecule has 1 saturated carbocycles. The summed E-state index contributed by atoms with van der Waals surface area (Å²) in [5.74, 6) is 0.759. The highest BCUT2D eigenvalue weighted by molar-refractivity contribution is 7.89. The smallest absolute Gasteiger partial charge is 0.242 e. The van der Waals surface area contributed by atoms with Crippen molar-refractivity contribution in [2.24, 2.45) is 5.92 Å². The Hall–Kier alpha value is -1.07. The zero-order chi connectivity index (χ0) is 14.6. The van der Waals surface area contributed by atoms with Crippen LogP contribution in [0.5, 0.6) is 0 Å². The van der Waals surface area contributed by atoms with Crippen molar-refractivity contribution >= 4 is 15.7 Å². The topological polar surface area (TPSA) is 58.2 Å². The van der Waals surface area contributed by atoms with Crippen molar-refractivity contribution in [3.63, 3.8) is 0 Å². The van der Waals surface area contributed by atoms with Crippen LogP contribution in [0.1, 0.15) is 39.0 Å². The largest absolute Gasteiger partial charge is 0.381 e. The molecule has 1 aromatic carbocycles. The molecule has 0 saturated heterocycles. The minimum Gasteiger partial charge on any atom is -0.381 e. The van der Waals surface area contributed by atoms with Crippen molar-refractivity contribution in [1.29, 1.82) is 0 Å². The van der Waals surface area contributed by atoms with E-state index in [1.54, 1.807) is 12.1 Å². The molecule has 0 heterocycles. The Balaban J connectivity index is 2.17. The Morgan fingerprint density at radius 2 is 2.00 bits per heavy atom. The zero-order valence-corrected chi connectivity index (χ0v) is 13.0. The van der Waals surface area contributed by atoms with Crippen LogP contribution < -0.4 is 10.0 Å². The monoisotopic (exact) mass is 296 g/mol. The van der Waals surface area contributed by atoms with Gasteiger partial charge >= 0.3 is 0 Å². The van der Waals surface area contributed by atoms with E-state index in [9.17, 15) is 8.42 Å². The van der Waals surface area contributed by atoms with Crippen molar-refractivity contribution in [2.45, 2.75) is 50.0 Å². The molecular weight excluding hydrogens is 272 g/mol. The van der Waals surface area contributed by atoms with Crippen LogP contribution >= 0.6 is 0 Å². The van der Waals surface area contributed by atoms with Gasteiger partial charge in [-0.2, -0.15) is 0 Å². The highest BCUT2D eigenvalue weighted by Crippen LogP contribution is 2.30. The van der Waals surface area contributed by atoms with Gasteiger partial charge < -0.3 is 5.32 Å². The summed E-state index contributed by atoms with van der Waals surface area (Å²) in [5, 5.41) is 3.44. The maximum Gasteiger partial charge on any atom is 0.242 e. The summed E-state index contributed by atoms with van der Waals surface area (Å²) in [4.78, 5) is 0.334. The average molecular weight is 296 g/mol. The Morgan fingerprint density at radius 1 is 1.25 bits per heavy atom. The van der Waals surface area contributed by atoms with Crippen molar-refractivity contribution in [3.05, 3.63) is 24.3 Å². The van der Waals surface area contributed by atoms with Gasteiger partial charge in [-0.05, 0) is 37.9 Å². The lowest BCUT2D eigenvalue weighted by Crippen LogP contribution is -2.28. The number of rotatable bonds is 5. The summed E-state index contributed by atoms with van der Waals surface area (Å²) in [6.07, 6.45) is 5.96. The van der Waals surface area contributed by atoms with E-state index in [4.69, 9.17) is 0 Å². The Bertz CT molecular complexity index is 543. The van der Waals surface area contributed by atoms with Gasteiger partial charge in [-0.25, -0.2) is 13.1 Å².